The fourth-order valence-electron chi connectivity index (χ4n) is 0.103. The Hall–Kier alpha value is -0.200. The van der Waals surface area contributed by atoms with Crippen LogP contribution in [0.2, 0.25) is 0 Å². The van der Waals surface area contributed by atoms with Crippen LogP contribution in [0.5, 0.6) is 0 Å². The molecule has 0 radical (unpaired) electrons. The number of hydrogen-bond donors (Lipinski definition) is 0. The normalized spacial score (nSPS) is 11.8. The first-order chi connectivity index (χ1) is 3.62. The van der Waals surface area contributed by atoms with Crippen LogP contribution in [-0.2, 0) is 19.2 Å². The summed E-state index contributed by atoms with van der Waals surface area (Å²) in [5.41, 5.74) is 0. The maximum atomic E-state index is 10.7. The maximum Gasteiger partial charge on any atom is 0.295 e. The minimum atomic E-state index is -3.77. The van der Waals surface area contributed by atoms with Crippen LogP contribution in [0, 0.1) is 0 Å². The molecule has 0 N–H and O–H groups in total. The van der Waals surface area contributed by atoms with Gasteiger partial charge in [-0.25, -0.2) is 0 Å². The molecule has 0 aromatic rings. The van der Waals surface area contributed by atoms with Gasteiger partial charge in [0, 0.05) is 0 Å². The second-order valence-electron chi connectivity index (χ2n) is 0.951. The third-order valence-corrected chi connectivity index (χ3v) is 1.33. The Labute approximate surface area is 46.2 Å². The van der Waals surface area contributed by atoms with E-state index < -0.39 is 16.1 Å². The third-order valence-electron chi connectivity index (χ3n) is 0.443. The lowest BCUT2D eigenvalue weighted by molar-refractivity contribution is -0.110. The summed E-state index contributed by atoms with van der Waals surface area (Å²) >= 11 is 0. The van der Waals surface area contributed by atoms with Crippen molar-refractivity contribution in [3.05, 3.63) is 0 Å². The lowest BCUT2D eigenvalue weighted by atomic mass is 11.7. The Kier molecular flexibility index (Phi) is 2.88. The first kappa shape index (κ1) is 7.80. The highest BCUT2D eigenvalue weighted by Crippen LogP contribution is 1.89. The smallest absolute Gasteiger partial charge is 0.272 e. The van der Waals surface area contributed by atoms with Gasteiger partial charge in [0.1, 0.15) is 0 Å². The first-order valence-corrected chi connectivity index (χ1v) is 3.22. The fraction of sp³-hybridized carbons (Fsp3) is 1.00. The molecular formula is C2H5FO4S. The Morgan fingerprint density at radius 3 is 2.25 bits per heavy atom. The van der Waals surface area contributed by atoms with Crippen molar-refractivity contribution in [1.82, 2.24) is 0 Å². The van der Waals surface area contributed by atoms with Crippen LogP contribution in [0.4, 0.5) is 4.53 Å². The van der Waals surface area contributed by atoms with Gasteiger partial charge in [-0.15, -0.1) is 0 Å². The van der Waals surface area contributed by atoms with E-state index in [-0.39, 0.29) is 0 Å². The topological polar surface area (TPSA) is 52.6 Å². The van der Waals surface area contributed by atoms with Crippen molar-refractivity contribution in [2.24, 2.45) is 0 Å². The molecule has 0 fully saturated rings. The molecule has 50 valence electrons. The van der Waals surface area contributed by atoms with Gasteiger partial charge in [-0.2, -0.15) is 13.4 Å². The molecule has 6 heteroatoms. The summed E-state index contributed by atoms with van der Waals surface area (Å²) in [7, 11) is -2.84. The van der Waals surface area contributed by atoms with Crippen molar-refractivity contribution in [1.29, 1.82) is 0 Å². The maximum absolute atomic E-state index is 10.7. The molecule has 0 saturated carbocycles. The molecule has 0 saturated heterocycles. The van der Waals surface area contributed by atoms with Crippen LogP contribution in [0.25, 0.3) is 0 Å². The summed E-state index contributed by atoms with van der Waals surface area (Å²) < 4.78 is 34.5. The van der Waals surface area contributed by atoms with Gasteiger partial charge < -0.3 is 0 Å². The monoisotopic (exact) mass is 144 g/mol. The predicted octanol–water partition coefficient (Wildman–Crippen LogP) is -0.179. The lowest BCUT2D eigenvalue weighted by Gasteiger charge is -1.92. The van der Waals surface area contributed by atoms with Crippen LogP contribution in [0.1, 0.15) is 0 Å². The molecule has 0 aliphatic rings. The van der Waals surface area contributed by atoms with Gasteiger partial charge in [-0.05, 0) is 4.53 Å². The minimum absolute atomic E-state index is 0.925. The molecule has 0 amide bonds. The molecule has 0 rings (SSSR count). The second-order valence-corrected chi connectivity index (χ2v) is 2.64. The summed E-state index contributed by atoms with van der Waals surface area (Å²) in [4.78, 5) is 2.78. The highest BCUT2D eigenvalue weighted by Gasteiger charge is 2.07. The second kappa shape index (κ2) is 2.95. The van der Waals surface area contributed by atoms with Gasteiger partial charge in [0.15, 0.2) is 0 Å². The molecule has 0 aliphatic heterocycles. The van der Waals surface area contributed by atoms with Crippen molar-refractivity contribution in [2.75, 3.05) is 13.0 Å². The zero-order valence-corrected chi connectivity index (χ0v) is 4.94. The van der Waals surface area contributed by atoms with Gasteiger partial charge in [0.25, 0.3) is 10.1 Å². The average molecular weight is 144 g/mol. The molecule has 0 aliphatic carbocycles. The van der Waals surface area contributed by atoms with E-state index >= 15 is 0 Å². The summed E-state index contributed by atoms with van der Waals surface area (Å²) in [6, 6.07) is 0. The highest BCUT2D eigenvalue weighted by molar-refractivity contribution is 7.86. The van der Waals surface area contributed by atoms with Gasteiger partial charge in [-0.1, -0.05) is 0 Å². The molecule has 4 nitrogen and oxygen atoms in total. The van der Waals surface area contributed by atoms with E-state index in [2.05, 4.69) is 9.12 Å². The van der Waals surface area contributed by atoms with E-state index in [1.165, 1.54) is 0 Å². The summed E-state index contributed by atoms with van der Waals surface area (Å²) in [5, 5.41) is 0. The Bertz CT molecular complexity index is 138. The molecule has 0 heterocycles. The van der Waals surface area contributed by atoms with Crippen molar-refractivity contribution in [2.45, 2.75) is 0 Å². The molecule has 0 aromatic carbocycles. The number of hydrogen-bond acceptors (Lipinski definition) is 4. The number of rotatable bonds is 3. The summed E-state index contributed by atoms with van der Waals surface area (Å²) in [6.07, 6.45) is 0. The largest absolute Gasteiger partial charge is 0.295 e. The van der Waals surface area contributed by atoms with Crippen molar-refractivity contribution in [3.63, 3.8) is 0 Å². The highest BCUT2D eigenvalue weighted by atomic mass is 32.2. The molecule has 0 atom stereocenters. The summed E-state index contributed by atoms with van der Waals surface area (Å²) in [5.74, 6) is -1.05. The fourth-order valence-corrected chi connectivity index (χ4v) is 0.308. The Morgan fingerprint density at radius 2 is 2.12 bits per heavy atom. The SMILES string of the molecule is COS(=O)(=O)COF. The van der Waals surface area contributed by atoms with E-state index in [9.17, 15) is 12.9 Å². The van der Waals surface area contributed by atoms with E-state index in [1.807, 2.05) is 0 Å². The van der Waals surface area contributed by atoms with Crippen LogP contribution < -0.4 is 0 Å². The lowest BCUT2D eigenvalue weighted by Crippen LogP contribution is -2.07. The Morgan fingerprint density at radius 1 is 1.62 bits per heavy atom. The van der Waals surface area contributed by atoms with E-state index in [0.29, 0.717) is 0 Å². The number of halogens is 1. The minimum Gasteiger partial charge on any atom is -0.272 e. The van der Waals surface area contributed by atoms with E-state index in [4.69, 9.17) is 0 Å². The quantitative estimate of drug-likeness (QED) is 0.515. The van der Waals surface area contributed by atoms with Crippen LogP contribution in [-0.4, -0.2) is 21.5 Å². The predicted molar refractivity (Wildman–Crippen MR) is 23.0 cm³/mol. The van der Waals surface area contributed by atoms with Gasteiger partial charge in [0.05, 0.1) is 7.11 Å². The van der Waals surface area contributed by atoms with Crippen LogP contribution in [0.3, 0.4) is 0 Å². The molecule has 0 aromatic heterocycles. The van der Waals surface area contributed by atoms with Crippen LogP contribution in [0.15, 0.2) is 0 Å². The zero-order valence-electron chi connectivity index (χ0n) is 4.13. The Balaban J connectivity index is 3.76. The molecule has 8 heavy (non-hydrogen) atoms. The molecule has 0 bridgehead atoms. The van der Waals surface area contributed by atoms with E-state index in [0.717, 1.165) is 7.11 Å². The van der Waals surface area contributed by atoms with E-state index in [1.54, 1.807) is 0 Å². The standard InChI is InChI=1S/C2H5FO4S/c1-6-8(4,5)2-7-3/h2H2,1H3. The van der Waals surface area contributed by atoms with Gasteiger partial charge >= 0.3 is 0 Å². The molecular weight excluding hydrogens is 139 g/mol. The third kappa shape index (κ3) is 2.89. The van der Waals surface area contributed by atoms with Gasteiger partial charge in [0.2, 0.25) is 5.94 Å². The zero-order chi connectivity index (χ0) is 6.62. The molecule has 0 spiro atoms. The van der Waals surface area contributed by atoms with Crippen molar-refractivity contribution >= 4 is 10.1 Å². The van der Waals surface area contributed by atoms with Crippen molar-refractivity contribution < 1.29 is 22.1 Å². The van der Waals surface area contributed by atoms with Crippen LogP contribution >= 0.6 is 0 Å². The van der Waals surface area contributed by atoms with Crippen molar-refractivity contribution in [3.8, 4) is 0 Å². The summed E-state index contributed by atoms with van der Waals surface area (Å²) in [6.45, 7) is 0. The first-order valence-electron chi connectivity index (χ1n) is 1.64. The molecule has 0 unspecified atom stereocenters. The van der Waals surface area contributed by atoms with Gasteiger partial charge in [-0.3, -0.25) is 4.18 Å². The average Bonchev–Trinajstić information content (AvgIpc) is 1.67.